The number of benzene rings is 2. The Hall–Kier alpha value is -3.79. The number of carboxylic acids is 1. The highest BCUT2D eigenvalue weighted by Crippen LogP contribution is 2.42. The van der Waals surface area contributed by atoms with Crippen molar-refractivity contribution in [3.63, 3.8) is 0 Å². The van der Waals surface area contributed by atoms with Crippen LogP contribution in [0.2, 0.25) is 0 Å². The van der Waals surface area contributed by atoms with Gasteiger partial charge in [0, 0.05) is 55.7 Å². The van der Waals surface area contributed by atoms with Crippen LogP contribution in [0.3, 0.4) is 0 Å². The number of alkyl halides is 1. The molecule has 44 heavy (non-hydrogen) atoms. The molecule has 8 nitrogen and oxygen atoms in total. The molecule has 1 amide bonds. The number of rotatable bonds is 8. The summed E-state index contributed by atoms with van der Waals surface area (Å²) in [7, 11) is 0. The van der Waals surface area contributed by atoms with Crippen molar-refractivity contribution in [1.82, 2.24) is 14.5 Å². The summed E-state index contributed by atoms with van der Waals surface area (Å²) in [6.45, 7) is 12.1. The molecule has 2 N–H and O–H groups in total. The Bertz CT molecular complexity index is 1490. The number of nitrogens with one attached hydrogen (secondary N) is 1. The predicted octanol–water partition coefficient (Wildman–Crippen LogP) is 6.04. The molecule has 1 aromatic heterocycles. The summed E-state index contributed by atoms with van der Waals surface area (Å²) in [5, 5.41) is 12.3. The van der Waals surface area contributed by atoms with Crippen molar-refractivity contribution < 1.29 is 23.5 Å². The van der Waals surface area contributed by atoms with E-state index in [0.29, 0.717) is 50.5 Å². The van der Waals surface area contributed by atoms with Crippen LogP contribution >= 0.6 is 0 Å². The van der Waals surface area contributed by atoms with Gasteiger partial charge in [0.1, 0.15) is 5.82 Å². The molecule has 0 bridgehead atoms. The lowest BCUT2D eigenvalue weighted by Crippen LogP contribution is -2.47. The van der Waals surface area contributed by atoms with Crippen LogP contribution in [0, 0.1) is 11.7 Å². The molecule has 2 atom stereocenters. The van der Waals surface area contributed by atoms with E-state index in [4.69, 9.17) is 0 Å². The van der Waals surface area contributed by atoms with Crippen molar-refractivity contribution in [3.8, 4) is 0 Å². The number of anilines is 2. The Kier molecular flexibility index (Phi) is 8.84. The van der Waals surface area contributed by atoms with Gasteiger partial charge in [-0.3, -0.25) is 19.8 Å². The zero-order chi connectivity index (χ0) is 31.8. The Morgan fingerprint density at radius 1 is 1.11 bits per heavy atom. The highest BCUT2D eigenvalue weighted by molar-refractivity contribution is 5.97. The maximum atomic E-state index is 17.0. The molecule has 0 unspecified atom stereocenters. The number of carboxylic acid groups (broad SMARTS) is 1. The number of amides is 1. The number of carbonyl (C=O) groups is 2. The van der Waals surface area contributed by atoms with E-state index in [-0.39, 0.29) is 23.9 Å². The van der Waals surface area contributed by atoms with Gasteiger partial charge < -0.3 is 14.6 Å². The van der Waals surface area contributed by atoms with Crippen LogP contribution in [0.4, 0.5) is 20.4 Å². The molecule has 236 valence electrons. The molecule has 2 aromatic carbocycles. The van der Waals surface area contributed by atoms with Crippen LogP contribution in [0.15, 0.2) is 54.9 Å². The number of halogens is 2. The number of piperidine rings is 1. The van der Waals surface area contributed by atoms with E-state index in [1.807, 2.05) is 25.7 Å². The van der Waals surface area contributed by atoms with Crippen molar-refractivity contribution in [2.45, 2.75) is 77.0 Å². The first-order valence-electron chi connectivity index (χ1n) is 15.4. The van der Waals surface area contributed by atoms with Gasteiger partial charge in [-0.25, -0.2) is 13.8 Å². The van der Waals surface area contributed by atoms with E-state index in [1.54, 1.807) is 29.1 Å². The molecule has 2 fully saturated rings. The number of nitrogens with zero attached hydrogens (tertiary/aromatic N) is 4. The van der Waals surface area contributed by atoms with Crippen molar-refractivity contribution in [3.05, 3.63) is 77.4 Å². The maximum absolute atomic E-state index is 17.0. The first kappa shape index (κ1) is 31.6. The molecule has 2 aliphatic rings. The molecule has 10 heteroatoms. The topological polar surface area (TPSA) is 90.7 Å². The van der Waals surface area contributed by atoms with Crippen LogP contribution in [0.5, 0.6) is 0 Å². The number of likely N-dealkylation sites (tertiary alicyclic amines) is 1. The summed E-state index contributed by atoms with van der Waals surface area (Å²) in [6, 6.07) is 12.0. The monoisotopic (exact) mass is 607 g/mol. The molecule has 0 aliphatic carbocycles. The summed E-state index contributed by atoms with van der Waals surface area (Å²) in [6.07, 6.45) is 4.48. The first-order valence-corrected chi connectivity index (χ1v) is 15.4. The Morgan fingerprint density at radius 3 is 2.41 bits per heavy atom. The second-order valence-corrected chi connectivity index (χ2v) is 13.5. The van der Waals surface area contributed by atoms with E-state index < -0.39 is 29.3 Å². The maximum Gasteiger partial charge on any atom is 0.306 e. The zero-order valence-corrected chi connectivity index (χ0v) is 26.2. The van der Waals surface area contributed by atoms with Crippen LogP contribution in [0.25, 0.3) is 0 Å². The highest BCUT2D eigenvalue weighted by Gasteiger charge is 2.55. The average Bonchev–Trinajstić information content (AvgIpc) is 3.58. The molecule has 3 aromatic rings. The van der Waals surface area contributed by atoms with Crippen LogP contribution in [-0.2, 0) is 16.1 Å². The highest BCUT2D eigenvalue weighted by atomic mass is 19.1. The van der Waals surface area contributed by atoms with Crippen molar-refractivity contribution >= 4 is 23.5 Å². The van der Waals surface area contributed by atoms with Gasteiger partial charge in [0.05, 0.1) is 12.5 Å². The van der Waals surface area contributed by atoms with Gasteiger partial charge in [0.15, 0.2) is 0 Å². The molecule has 0 saturated carbocycles. The second-order valence-electron chi connectivity index (χ2n) is 13.5. The van der Waals surface area contributed by atoms with Crippen molar-refractivity contribution in [2.75, 3.05) is 36.4 Å². The summed E-state index contributed by atoms with van der Waals surface area (Å²) >= 11 is 0. The van der Waals surface area contributed by atoms with Gasteiger partial charge in [-0.2, -0.15) is 0 Å². The molecule has 3 heterocycles. The van der Waals surface area contributed by atoms with E-state index in [1.165, 1.54) is 17.7 Å². The quantitative estimate of drug-likeness (QED) is 0.325. The largest absolute Gasteiger partial charge is 0.481 e. The second kappa shape index (κ2) is 12.3. The van der Waals surface area contributed by atoms with E-state index in [0.717, 1.165) is 11.3 Å². The summed E-state index contributed by atoms with van der Waals surface area (Å²) in [5.74, 6) is -2.51. The average molecular weight is 608 g/mol. The minimum atomic E-state index is -2.26. The summed E-state index contributed by atoms with van der Waals surface area (Å²) in [5.41, 5.74) is 1.14. The normalized spacial score (nSPS) is 21.6. The fraction of sp³-hybridized carbons (Fsp3) is 0.500. The van der Waals surface area contributed by atoms with Gasteiger partial charge in [-0.05, 0) is 74.4 Å². The third-order valence-electron chi connectivity index (χ3n) is 9.22. The third kappa shape index (κ3) is 6.50. The molecule has 2 aliphatic heterocycles. The predicted molar refractivity (Wildman–Crippen MR) is 167 cm³/mol. The molecule has 2 saturated heterocycles. The van der Waals surface area contributed by atoms with Crippen molar-refractivity contribution in [2.24, 2.45) is 5.92 Å². The first-order chi connectivity index (χ1) is 20.8. The van der Waals surface area contributed by atoms with Gasteiger partial charge in [0.25, 0.3) is 5.91 Å². The number of hydrogen-bond donors (Lipinski definition) is 2. The Morgan fingerprint density at radius 2 is 1.80 bits per heavy atom. The van der Waals surface area contributed by atoms with E-state index in [2.05, 4.69) is 47.2 Å². The van der Waals surface area contributed by atoms with Crippen LogP contribution < -0.4 is 10.2 Å². The number of carbonyl (C=O) groups excluding carboxylic acids is 1. The standard InChI is InChI=1S/C34H43F2N5O3/c1-22(2)25-6-7-26(29(18-25)39-15-12-24(13-16-39)30(42)43)19-40-17-14-37-32(40)38-31(44)34(36)21-41(33(3,4)5)20-28(34)23-8-10-27(35)11-9-23/h6-11,14,17-18,22,24,28H,12-13,15-16,19-21H2,1-5H3,(H,42,43)(H,37,38,44)/t28-,34-/m0/s1. The number of aliphatic carboxylic acids is 1. The van der Waals surface area contributed by atoms with Gasteiger partial charge >= 0.3 is 5.97 Å². The molecule has 0 spiro atoms. The number of hydrogen-bond acceptors (Lipinski definition) is 5. The molecular weight excluding hydrogens is 564 g/mol. The summed E-state index contributed by atoms with van der Waals surface area (Å²) < 4.78 is 32.5. The van der Waals surface area contributed by atoms with Gasteiger partial charge in [-0.15, -0.1) is 0 Å². The lowest BCUT2D eigenvalue weighted by atomic mass is 9.85. The summed E-state index contributed by atoms with van der Waals surface area (Å²) in [4.78, 5) is 33.9. The Balaban J connectivity index is 1.40. The number of aromatic nitrogens is 2. The fourth-order valence-corrected chi connectivity index (χ4v) is 6.31. The smallest absolute Gasteiger partial charge is 0.306 e. The zero-order valence-electron chi connectivity index (χ0n) is 26.2. The lowest BCUT2D eigenvalue weighted by Gasteiger charge is -2.34. The third-order valence-corrected chi connectivity index (χ3v) is 9.22. The minimum absolute atomic E-state index is 0.0990. The fourth-order valence-electron chi connectivity index (χ4n) is 6.31. The molecule has 5 rings (SSSR count). The molecular formula is C34H43F2N5O3. The molecule has 0 radical (unpaired) electrons. The van der Waals surface area contributed by atoms with Crippen molar-refractivity contribution in [1.29, 1.82) is 0 Å². The van der Waals surface area contributed by atoms with Gasteiger partial charge in [0.2, 0.25) is 11.6 Å². The Labute approximate surface area is 258 Å². The van der Waals surface area contributed by atoms with Crippen LogP contribution in [0.1, 0.15) is 76.0 Å². The van der Waals surface area contributed by atoms with E-state index >= 15 is 4.39 Å². The SMILES string of the molecule is CC(C)c1ccc(Cn2ccnc2NC(=O)[C@]2(F)CN(C(C)(C)C)C[C@H]2c2ccc(F)cc2)c(N2CCC(C(=O)O)CC2)c1. The van der Waals surface area contributed by atoms with E-state index in [9.17, 15) is 19.1 Å². The number of imidazole rings is 1. The minimum Gasteiger partial charge on any atom is -0.481 e. The lowest BCUT2D eigenvalue weighted by molar-refractivity contribution is -0.142. The van der Waals surface area contributed by atoms with Crippen LogP contribution in [-0.4, -0.2) is 68.8 Å². The van der Waals surface area contributed by atoms with Gasteiger partial charge in [-0.1, -0.05) is 38.1 Å².